The van der Waals surface area contributed by atoms with E-state index in [2.05, 4.69) is 0 Å². The summed E-state index contributed by atoms with van der Waals surface area (Å²) in [5, 5.41) is 0. The van der Waals surface area contributed by atoms with Gasteiger partial charge < -0.3 is 4.74 Å². The van der Waals surface area contributed by atoms with Crippen LogP contribution in [0, 0.1) is 0 Å². The normalized spacial score (nSPS) is 11.4. The first-order valence-corrected chi connectivity index (χ1v) is 7.87. The van der Waals surface area contributed by atoms with Gasteiger partial charge in [-0.05, 0) is 42.1 Å². The summed E-state index contributed by atoms with van der Waals surface area (Å²) >= 11 is 0.989. The van der Waals surface area contributed by atoms with Gasteiger partial charge in [0.2, 0.25) is 0 Å². The molecular weight excluding hydrogens is 231 g/mol. The lowest BCUT2D eigenvalue weighted by molar-refractivity contribution is 0.317. The van der Waals surface area contributed by atoms with Gasteiger partial charge in [0.25, 0.3) is 6.65 Å². The predicted octanol–water partition coefficient (Wildman–Crippen LogP) is 2.59. The highest BCUT2D eigenvalue weighted by Crippen LogP contribution is 2.48. The molecule has 84 valence electrons. The molecule has 1 rings (SSSR count). The van der Waals surface area contributed by atoms with Crippen molar-refractivity contribution in [2.45, 2.75) is 18.2 Å². The van der Waals surface area contributed by atoms with Gasteiger partial charge in [0.1, 0.15) is 5.75 Å². The third-order valence-electron chi connectivity index (χ3n) is 1.54. The minimum atomic E-state index is -3.05. The molecule has 6 heteroatoms. The zero-order valence-corrected chi connectivity index (χ0v) is 10.3. The van der Waals surface area contributed by atoms with Crippen LogP contribution in [0.5, 0.6) is 5.75 Å². The Bertz CT molecular complexity index is 350. The fourth-order valence-electron chi connectivity index (χ4n) is 0.981. The molecule has 4 nitrogen and oxygen atoms in total. The van der Waals surface area contributed by atoms with Gasteiger partial charge in [-0.2, -0.15) is 0 Å². The van der Waals surface area contributed by atoms with Crippen LogP contribution in [0.2, 0.25) is 0 Å². The first-order chi connectivity index (χ1) is 7.01. The molecule has 0 aliphatic heterocycles. The molecule has 0 aliphatic rings. The maximum atomic E-state index is 11.1. The monoisotopic (exact) mass is 246 g/mol. The van der Waals surface area contributed by atoms with Crippen LogP contribution in [0.4, 0.5) is 0 Å². The van der Waals surface area contributed by atoms with Gasteiger partial charge in [-0.25, -0.2) is 0 Å². The van der Waals surface area contributed by atoms with Gasteiger partial charge in [-0.3, -0.25) is 15.6 Å². The van der Waals surface area contributed by atoms with Gasteiger partial charge in [-0.15, -0.1) is 0 Å². The lowest BCUT2D eigenvalue weighted by Crippen LogP contribution is -1.99. The summed E-state index contributed by atoms with van der Waals surface area (Å²) in [5.41, 5.74) is 10.5. The zero-order valence-electron chi connectivity index (χ0n) is 8.55. The van der Waals surface area contributed by atoms with Crippen molar-refractivity contribution in [2.24, 2.45) is 11.0 Å². The number of nitrogens with two attached hydrogens (primary N) is 2. The van der Waals surface area contributed by atoms with Crippen molar-refractivity contribution < 1.29 is 9.30 Å². The van der Waals surface area contributed by atoms with Crippen molar-refractivity contribution >= 4 is 18.0 Å². The number of rotatable bonds is 5. The highest BCUT2D eigenvalue weighted by Gasteiger charge is 2.10. The van der Waals surface area contributed by atoms with Crippen LogP contribution in [-0.2, 0) is 4.57 Å². The summed E-state index contributed by atoms with van der Waals surface area (Å²) in [6.07, 6.45) is 0.970. The Balaban J connectivity index is 2.60. The molecule has 4 N–H and O–H groups in total. The third-order valence-corrected chi connectivity index (χ3v) is 3.80. The molecular formula is C9H15N2O2PS. The third kappa shape index (κ3) is 5.23. The summed E-state index contributed by atoms with van der Waals surface area (Å²) in [6.45, 7) is -0.310. The molecule has 0 fully saturated rings. The summed E-state index contributed by atoms with van der Waals surface area (Å²) in [5.74, 6) is 0.796. The van der Waals surface area contributed by atoms with Crippen LogP contribution in [0.3, 0.4) is 0 Å². The van der Waals surface area contributed by atoms with Gasteiger partial charge in [0.05, 0.1) is 6.61 Å². The minimum absolute atomic E-state index is 0.693. The highest BCUT2D eigenvalue weighted by atomic mass is 32.7. The molecule has 0 amide bonds. The van der Waals surface area contributed by atoms with Crippen LogP contribution in [0.15, 0.2) is 29.2 Å². The number of ether oxygens (including phenoxy) is 1. The van der Waals surface area contributed by atoms with E-state index in [9.17, 15) is 4.57 Å². The molecule has 15 heavy (non-hydrogen) atoms. The average molecular weight is 246 g/mol. The molecule has 0 spiro atoms. The van der Waals surface area contributed by atoms with Crippen molar-refractivity contribution in [3.8, 4) is 5.75 Å². The molecule has 0 aromatic heterocycles. The smallest absolute Gasteiger partial charge is 0.265 e. The standard InChI is InChI=1S/C9H15N2O2PS/c1-2-7-13-8-3-5-9(6-4-8)15-14(10,11)12/h3-6H,2,7H2,1H3,(H4,10,11,12). The van der Waals surface area contributed by atoms with Gasteiger partial charge in [-0.1, -0.05) is 6.92 Å². The Hall–Kier alpha value is -0.480. The van der Waals surface area contributed by atoms with E-state index in [1.165, 1.54) is 0 Å². The first kappa shape index (κ1) is 12.6. The van der Waals surface area contributed by atoms with Crippen LogP contribution in [-0.4, -0.2) is 6.61 Å². The van der Waals surface area contributed by atoms with Gasteiger partial charge in [0.15, 0.2) is 0 Å². The Labute approximate surface area is 93.6 Å². The number of hydrogen-bond donors (Lipinski definition) is 2. The Kier molecular flexibility index (Phi) is 4.67. The van der Waals surface area contributed by atoms with E-state index in [4.69, 9.17) is 15.7 Å². The Morgan fingerprint density at radius 1 is 1.33 bits per heavy atom. The lowest BCUT2D eigenvalue weighted by Gasteiger charge is -2.07. The second-order valence-corrected chi connectivity index (χ2v) is 7.26. The molecule has 0 heterocycles. The average Bonchev–Trinajstić information content (AvgIpc) is 2.14. The van der Waals surface area contributed by atoms with Crippen LogP contribution < -0.4 is 15.7 Å². The second kappa shape index (κ2) is 5.56. The maximum absolute atomic E-state index is 11.1. The molecule has 0 saturated carbocycles. The maximum Gasteiger partial charge on any atom is 0.265 e. The van der Waals surface area contributed by atoms with Crippen LogP contribution >= 0.6 is 18.0 Å². The molecule has 1 aromatic carbocycles. The summed E-state index contributed by atoms with van der Waals surface area (Å²) in [6, 6.07) is 7.21. The quantitative estimate of drug-likeness (QED) is 0.781. The van der Waals surface area contributed by atoms with E-state index < -0.39 is 6.65 Å². The fourth-order valence-corrected chi connectivity index (χ4v) is 2.92. The summed E-state index contributed by atoms with van der Waals surface area (Å²) in [7, 11) is 0. The Morgan fingerprint density at radius 3 is 2.40 bits per heavy atom. The van der Waals surface area contributed by atoms with Crippen molar-refractivity contribution in [1.29, 1.82) is 0 Å². The van der Waals surface area contributed by atoms with E-state index >= 15 is 0 Å². The van der Waals surface area contributed by atoms with E-state index in [0.29, 0.717) is 6.61 Å². The van der Waals surface area contributed by atoms with Gasteiger partial charge in [0, 0.05) is 4.90 Å². The van der Waals surface area contributed by atoms with E-state index in [0.717, 1.165) is 28.4 Å². The lowest BCUT2D eigenvalue weighted by atomic mass is 10.3. The summed E-state index contributed by atoms with van der Waals surface area (Å²) in [4.78, 5) is 0.784. The Morgan fingerprint density at radius 2 is 1.93 bits per heavy atom. The predicted molar refractivity (Wildman–Crippen MR) is 64.1 cm³/mol. The second-order valence-electron chi connectivity index (χ2n) is 3.06. The number of hydrogen-bond acceptors (Lipinski definition) is 3. The van der Waals surface area contributed by atoms with Crippen LogP contribution in [0.1, 0.15) is 13.3 Å². The molecule has 1 aromatic rings. The van der Waals surface area contributed by atoms with Crippen LogP contribution in [0.25, 0.3) is 0 Å². The molecule has 0 saturated heterocycles. The van der Waals surface area contributed by atoms with Crippen molar-refractivity contribution in [3.05, 3.63) is 24.3 Å². The molecule has 0 bridgehead atoms. The summed E-state index contributed by atoms with van der Waals surface area (Å²) < 4.78 is 16.5. The highest BCUT2D eigenvalue weighted by molar-refractivity contribution is 8.56. The van der Waals surface area contributed by atoms with E-state index in [-0.39, 0.29) is 0 Å². The SMILES string of the molecule is CCCOc1ccc(SP(N)(N)=O)cc1. The minimum Gasteiger partial charge on any atom is -0.494 e. The van der Waals surface area contributed by atoms with Crippen molar-refractivity contribution in [2.75, 3.05) is 6.61 Å². The largest absolute Gasteiger partial charge is 0.494 e. The molecule has 0 atom stereocenters. The van der Waals surface area contributed by atoms with Crippen molar-refractivity contribution in [3.63, 3.8) is 0 Å². The van der Waals surface area contributed by atoms with E-state index in [1.807, 2.05) is 19.1 Å². The topological polar surface area (TPSA) is 78.3 Å². The van der Waals surface area contributed by atoms with E-state index in [1.54, 1.807) is 12.1 Å². The zero-order chi connectivity index (χ0) is 11.3. The molecule has 0 radical (unpaired) electrons. The first-order valence-electron chi connectivity index (χ1n) is 4.61. The molecule has 0 aliphatic carbocycles. The fraction of sp³-hybridized carbons (Fsp3) is 0.333. The van der Waals surface area contributed by atoms with Gasteiger partial charge >= 0.3 is 0 Å². The van der Waals surface area contributed by atoms with Crippen molar-refractivity contribution in [1.82, 2.24) is 0 Å². The molecule has 0 unspecified atom stereocenters. The number of benzene rings is 1.